The molecule has 2 atom stereocenters. The molecular weight excluding hydrogens is 156 g/mol. The summed E-state index contributed by atoms with van der Waals surface area (Å²) < 4.78 is 19.0. The van der Waals surface area contributed by atoms with Crippen molar-refractivity contribution in [3.05, 3.63) is 0 Å². The minimum Gasteiger partial charge on any atom is -0.306 e. The van der Waals surface area contributed by atoms with Gasteiger partial charge in [0, 0.05) is 5.75 Å². The number of rotatable bonds is 3. The highest BCUT2D eigenvalue weighted by Gasteiger charge is 2.16. The van der Waals surface area contributed by atoms with Crippen molar-refractivity contribution in [2.24, 2.45) is 5.92 Å². The molecule has 0 aromatic heterocycles. The monoisotopic (exact) mass is 168 g/mol. The van der Waals surface area contributed by atoms with Gasteiger partial charge in [0.15, 0.2) is 11.1 Å². The van der Waals surface area contributed by atoms with Gasteiger partial charge in [-0.05, 0) is 5.92 Å². The second kappa shape index (κ2) is 4.30. The van der Waals surface area contributed by atoms with Crippen LogP contribution in [0.3, 0.4) is 0 Å². The van der Waals surface area contributed by atoms with E-state index in [1.54, 1.807) is 0 Å². The van der Waals surface area contributed by atoms with E-state index < -0.39 is 11.1 Å². The van der Waals surface area contributed by atoms with E-state index in [-0.39, 0.29) is 11.2 Å². The molecule has 0 aliphatic carbocycles. The van der Waals surface area contributed by atoms with Crippen molar-refractivity contribution in [3.8, 4) is 0 Å². The SMILES string of the molecule is CC(C)C(CS)S(=O)O. The zero-order chi connectivity index (χ0) is 7.44. The average Bonchev–Trinajstić information content (AvgIpc) is 1.64. The Morgan fingerprint density at radius 3 is 2.11 bits per heavy atom. The Hall–Kier alpha value is 0.460. The summed E-state index contributed by atoms with van der Waals surface area (Å²) in [6.07, 6.45) is 0. The largest absolute Gasteiger partial charge is 0.306 e. The van der Waals surface area contributed by atoms with Crippen LogP contribution in [0.25, 0.3) is 0 Å². The van der Waals surface area contributed by atoms with Crippen LogP contribution in [-0.2, 0) is 11.1 Å². The Morgan fingerprint density at radius 2 is 2.11 bits per heavy atom. The first kappa shape index (κ1) is 9.46. The lowest BCUT2D eigenvalue weighted by molar-refractivity contribution is 0.522. The third-order valence-electron chi connectivity index (χ3n) is 1.18. The molecule has 0 bridgehead atoms. The Labute approximate surface area is 63.7 Å². The van der Waals surface area contributed by atoms with Gasteiger partial charge in [-0.2, -0.15) is 12.6 Å². The van der Waals surface area contributed by atoms with Gasteiger partial charge < -0.3 is 4.55 Å². The lowest BCUT2D eigenvalue weighted by atomic mass is 10.1. The maximum absolute atomic E-state index is 10.4. The number of hydrogen-bond donors (Lipinski definition) is 2. The van der Waals surface area contributed by atoms with Gasteiger partial charge in [0.25, 0.3) is 0 Å². The van der Waals surface area contributed by atoms with E-state index in [1.165, 1.54) is 0 Å². The summed E-state index contributed by atoms with van der Waals surface area (Å²) >= 11 is 2.23. The minimum absolute atomic E-state index is 0.187. The van der Waals surface area contributed by atoms with Crippen LogP contribution in [0.5, 0.6) is 0 Å². The van der Waals surface area contributed by atoms with Crippen molar-refractivity contribution in [3.63, 3.8) is 0 Å². The van der Waals surface area contributed by atoms with E-state index >= 15 is 0 Å². The molecule has 0 aliphatic heterocycles. The second-order valence-electron chi connectivity index (χ2n) is 2.24. The van der Waals surface area contributed by atoms with Gasteiger partial charge in [-0.25, -0.2) is 4.21 Å². The molecule has 0 aromatic rings. The summed E-state index contributed by atoms with van der Waals surface area (Å²) in [6.45, 7) is 3.82. The van der Waals surface area contributed by atoms with Crippen LogP contribution in [-0.4, -0.2) is 19.8 Å². The lowest BCUT2D eigenvalue weighted by Gasteiger charge is -2.12. The average molecular weight is 168 g/mol. The first-order valence-electron chi connectivity index (χ1n) is 2.80. The molecule has 1 N–H and O–H groups in total. The molecule has 0 radical (unpaired) electrons. The highest BCUT2D eigenvalue weighted by atomic mass is 32.2. The van der Waals surface area contributed by atoms with Crippen LogP contribution < -0.4 is 0 Å². The molecule has 2 unspecified atom stereocenters. The molecule has 56 valence electrons. The normalized spacial score (nSPS) is 17.9. The van der Waals surface area contributed by atoms with Crippen molar-refractivity contribution in [2.75, 3.05) is 5.75 Å². The highest BCUT2D eigenvalue weighted by Crippen LogP contribution is 2.08. The summed E-state index contributed by atoms with van der Waals surface area (Å²) in [4.78, 5) is 0. The van der Waals surface area contributed by atoms with Crippen molar-refractivity contribution >= 4 is 23.7 Å². The van der Waals surface area contributed by atoms with Gasteiger partial charge in [0.2, 0.25) is 0 Å². The number of hydrogen-bond acceptors (Lipinski definition) is 2. The van der Waals surface area contributed by atoms with Crippen LogP contribution in [0.15, 0.2) is 0 Å². The van der Waals surface area contributed by atoms with Crippen LogP contribution in [0.4, 0.5) is 0 Å². The van der Waals surface area contributed by atoms with Gasteiger partial charge in [-0.1, -0.05) is 13.8 Å². The van der Waals surface area contributed by atoms with Crippen molar-refractivity contribution < 1.29 is 8.76 Å². The van der Waals surface area contributed by atoms with Crippen molar-refractivity contribution in [2.45, 2.75) is 19.1 Å². The van der Waals surface area contributed by atoms with Crippen LogP contribution in [0.2, 0.25) is 0 Å². The summed E-state index contributed by atoms with van der Waals surface area (Å²) in [5.74, 6) is 0.703. The van der Waals surface area contributed by atoms with Crippen molar-refractivity contribution in [1.82, 2.24) is 0 Å². The maximum Gasteiger partial charge on any atom is 0.157 e. The molecule has 2 nitrogen and oxygen atoms in total. The molecule has 0 spiro atoms. The molecule has 0 amide bonds. The quantitative estimate of drug-likeness (QED) is 0.490. The van der Waals surface area contributed by atoms with E-state index in [4.69, 9.17) is 4.55 Å². The van der Waals surface area contributed by atoms with E-state index in [1.807, 2.05) is 13.8 Å². The fourth-order valence-corrected chi connectivity index (χ4v) is 1.90. The molecule has 0 aromatic carbocycles. The summed E-state index contributed by atoms with van der Waals surface area (Å²) in [6, 6.07) is 0. The molecule has 0 rings (SSSR count). The van der Waals surface area contributed by atoms with E-state index in [2.05, 4.69) is 12.6 Å². The lowest BCUT2D eigenvalue weighted by Crippen LogP contribution is -2.22. The first-order valence-corrected chi connectivity index (χ1v) is 4.60. The minimum atomic E-state index is -1.71. The fourth-order valence-electron chi connectivity index (χ4n) is 0.507. The molecule has 0 fully saturated rings. The third kappa shape index (κ3) is 3.23. The predicted molar refractivity (Wildman–Crippen MR) is 43.3 cm³/mol. The highest BCUT2D eigenvalue weighted by molar-refractivity contribution is 7.84. The van der Waals surface area contributed by atoms with E-state index in [0.717, 1.165) is 0 Å². The van der Waals surface area contributed by atoms with E-state index in [0.29, 0.717) is 5.75 Å². The van der Waals surface area contributed by atoms with Gasteiger partial charge >= 0.3 is 0 Å². The molecule has 4 heteroatoms. The second-order valence-corrected chi connectivity index (χ2v) is 3.76. The van der Waals surface area contributed by atoms with Gasteiger partial charge in [0.05, 0.1) is 5.25 Å². The topological polar surface area (TPSA) is 37.3 Å². The van der Waals surface area contributed by atoms with Crippen LogP contribution in [0.1, 0.15) is 13.8 Å². The third-order valence-corrected chi connectivity index (χ3v) is 3.05. The number of thiol groups is 1. The van der Waals surface area contributed by atoms with Crippen molar-refractivity contribution in [1.29, 1.82) is 0 Å². The molecule has 0 heterocycles. The smallest absolute Gasteiger partial charge is 0.157 e. The van der Waals surface area contributed by atoms with Gasteiger partial charge in [-0.3, -0.25) is 0 Å². The zero-order valence-electron chi connectivity index (χ0n) is 5.57. The molecule has 0 aliphatic rings. The predicted octanol–water partition coefficient (Wildman–Crippen LogP) is 1.16. The summed E-state index contributed by atoms with van der Waals surface area (Å²) in [7, 11) is 0. The summed E-state index contributed by atoms with van der Waals surface area (Å²) in [5, 5.41) is -0.187. The maximum atomic E-state index is 10.4. The Balaban J connectivity index is 3.83. The fraction of sp³-hybridized carbons (Fsp3) is 1.00. The molecule has 0 saturated carbocycles. The Kier molecular flexibility index (Phi) is 4.52. The molecule has 9 heavy (non-hydrogen) atoms. The zero-order valence-corrected chi connectivity index (χ0v) is 7.28. The first-order chi connectivity index (χ1) is 4.09. The van der Waals surface area contributed by atoms with Crippen LogP contribution in [0, 0.1) is 5.92 Å². The van der Waals surface area contributed by atoms with Gasteiger partial charge in [-0.15, -0.1) is 0 Å². The van der Waals surface area contributed by atoms with Crippen LogP contribution >= 0.6 is 12.6 Å². The molecular formula is C5H12O2S2. The molecule has 0 saturated heterocycles. The Bertz CT molecular complexity index is 103. The summed E-state index contributed by atoms with van der Waals surface area (Å²) in [5.41, 5.74) is 0. The van der Waals surface area contributed by atoms with E-state index in [9.17, 15) is 4.21 Å². The Morgan fingerprint density at radius 1 is 1.67 bits per heavy atom. The standard InChI is InChI=1S/C5H12O2S2/c1-4(2)5(3-8)9(6)7/h4-5,8H,3H2,1-2H3,(H,6,7). The van der Waals surface area contributed by atoms with Gasteiger partial charge in [0.1, 0.15) is 0 Å².